The SMILES string of the molecule is O=C(CSc1ncc(-c2ccc(Cl)cc2)n1Cc1ccccc1)NC(=O)NC1CC1. The van der Waals surface area contributed by atoms with Gasteiger partial charge in [0.05, 0.1) is 24.2 Å². The highest BCUT2D eigenvalue weighted by Crippen LogP contribution is 2.28. The first-order valence-electron chi connectivity index (χ1n) is 9.67. The number of rotatable bonds is 7. The van der Waals surface area contributed by atoms with E-state index in [9.17, 15) is 9.59 Å². The van der Waals surface area contributed by atoms with Crippen LogP contribution in [0.4, 0.5) is 4.79 Å². The lowest BCUT2D eigenvalue weighted by atomic mass is 10.1. The van der Waals surface area contributed by atoms with E-state index >= 15 is 0 Å². The Morgan fingerprint density at radius 3 is 2.53 bits per heavy atom. The average molecular weight is 441 g/mol. The number of urea groups is 1. The molecule has 2 N–H and O–H groups in total. The summed E-state index contributed by atoms with van der Waals surface area (Å²) in [5.74, 6) is -0.246. The van der Waals surface area contributed by atoms with E-state index < -0.39 is 6.03 Å². The molecular formula is C22H21ClN4O2S. The highest BCUT2D eigenvalue weighted by molar-refractivity contribution is 7.99. The maximum atomic E-state index is 12.2. The van der Waals surface area contributed by atoms with Gasteiger partial charge in [-0.05, 0) is 36.1 Å². The van der Waals surface area contributed by atoms with Gasteiger partial charge in [0.15, 0.2) is 5.16 Å². The monoisotopic (exact) mass is 440 g/mol. The molecule has 0 saturated heterocycles. The molecule has 1 aromatic heterocycles. The molecule has 0 radical (unpaired) electrons. The number of amides is 3. The first-order chi connectivity index (χ1) is 14.6. The second kappa shape index (κ2) is 9.36. The number of imidazole rings is 1. The van der Waals surface area contributed by atoms with Gasteiger partial charge in [0.1, 0.15) is 0 Å². The zero-order valence-electron chi connectivity index (χ0n) is 16.2. The molecule has 6 nitrogen and oxygen atoms in total. The van der Waals surface area contributed by atoms with Crippen LogP contribution in [0.15, 0.2) is 66.0 Å². The quantitative estimate of drug-likeness (QED) is 0.536. The number of imide groups is 1. The van der Waals surface area contributed by atoms with Crippen LogP contribution in [0.25, 0.3) is 11.3 Å². The van der Waals surface area contributed by atoms with Gasteiger partial charge in [0.25, 0.3) is 0 Å². The van der Waals surface area contributed by atoms with Crippen molar-refractivity contribution in [3.8, 4) is 11.3 Å². The molecule has 0 spiro atoms. The lowest BCUT2D eigenvalue weighted by Gasteiger charge is -2.12. The van der Waals surface area contributed by atoms with E-state index in [2.05, 4.69) is 32.3 Å². The molecule has 4 rings (SSSR count). The molecule has 1 aliphatic carbocycles. The predicted octanol–water partition coefficient (Wildman–Crippen LogP) is 4.33. The number of nitrogens with zero attached hydrogens (tertiary/aromatic N) is 2. The Kier molecular flexibility index (Phi) is 6.40. The van der Waals surface area contributed by atoms with Gasteiger partial charge in [0.2, 0.25) is 5.91 Å². The van der Waals surface area contributed by atoms with Crippen LogP contribution in [0.2, 0.25) is 5.02 Å². The van der Waals surface area contributed by atoms with Crippen LogP contribution < -0.4 is 10.6 Å². The van der Waals surface area contributed by atoms with Crippen LogP contribution in [-0.4, -0.2) is 33.3 Å². The van der Waals surface area contributed by atoms with Crippen LogP contribution in [-0.2, 0) is 11.3 Å². The first kappa shape index (κ1) is 20.5. The molecule has 3 amide bonds. The zero-order chi connectivity index (χ0) is 20.9. The summed E-state index contributed by atoms with van der Waals surface area (Å²) in [5, 5.41) is 6.50. The number of halogens is 1. The molecule has 3 aromatic rings. The van der Waals surface area contributed by atoms with Gasteiger partial charge in [-0.15, -0.1) is 0 Å². The highest BCUT2D eigenvalue weighted by Gasteiger charge is 2.24. The van der Waals surface area contributed by atoms with E-state index in [1.54, 1.807) is 6.20 Å². The smallest absolute Gasteiger partial charge is 0.321 e. The van der Waals surface area contributed by atoms with E-state index in [1.807, 2.05) is 42.5 Å². The number of thioether (sulfide) groups is 1. The Bertz CT molecular complexity index is 1030. The molecule has 1 aliphatic rings. The summed E-state index contributed by atoms with van der Waals surface area (Å²) in [6.45, 7) is 0.616. The van der Waals surface area contributed by atoms with Crippen LogP contribution in [0, 0.1) is 0 Å². The Labute approximate surface area is 184 Å². The van der Waals surface area contributed by atoms with Crippen molar-refractivity contribution in [1.82, 2.24) is 20.2 Å². The minimum absolute atomic E-state index is 0.101. The molecule has 0 atom stereocenters. The van der Waals surface area contributed by atoms with Crippen molar-refractivity contribution < 1.29 is 9.59 Å². The summed E-state index contributed by atoms with van der Waals surface area (Å²) in [7, 11) is 0. The van der Waals surface area contributed by atoms with Crippen molar-refractivity contribution >= 4 is 35.3 Å². The minimum Gasteiger partial charge on any atom is -0.335 e. The van der Waals surface area contributed by atoms with Crippen molar-refractivity contribution in [1.29, 1.82) is 0 Å². The predicted molar refractivity (Wildman–Crippen MR) is 119 cm³/mol. The fraction of sp³-hybridized carbons (Fsp3) is 0.227. The summed E-state index contributed by atoms with van der Waals surface area (Å²) in [6, 6.07) is 17.4. The Hall–Kier alpha value is -2.77. The van der Waals surface area contributed by atoms with Crippen molar-refractivity contribution in [2.45, 2.75) is 30.6 Å². The van der Waals surface area contributed by atoms with E-state index in [-0.39, 0.29) is 17.7 Å². The minimum atomic E-state index is -0.433. The molecular weight excluding hydrogens is 420 g/mol. The lowest BCUT2D eigenvalue weighted by Crippen LogP contribution is -2.41. The third kappa shape index (κ3) is 5.43. The van der Waals surface area contributed by atoms with Gasteiger partial charge in [0, 0.05) is 11.1 Å². The highest BCUT2D eigenvalue weighted by atomic mass is 35.5. The summed E-state index contributed by atoms with van der Waals surface area (Å²) in [6.07, 6.45) is 3.74. The van der Waals surface area contributed by atoms with Gasteiger partial charge >= 0.3 is 6.03 Å². The lowest BCUT2D eigenvalue weighted by molar-refractivity contribution is -0.117. The van der Waals surface area contributed by atoms with Crippen molar-refractivity contribution in [2.75, 3.05) is 5.75 Å². The molecule has 0 aliphatic heterocycles. The average Bonchev–Trinajstić information content (AvgIpc) is 3.46. The standard InChI is InChI=1S/C22H21ClN4O2S/c23-17-8-6-16(7-9-17)19-12-24-22(27(19)13-15-4-2-1-3-5-15)30-14-20(28)26-21(29)25-18-10-11-18/h1-9,12,18H,10-11,13-14H2,(H2,25,26,28,29). The Morgan fingerprint density at radius 2 is 1.83 bits per heavy atom. The van der Waals surface area contributed by atoms with E-state index in [0.717, 1.165) is 29.7 Å². The summed E-state index contributed by atoms with van der Waals surface area (Å²) in [4.78, 5) is 28.5. The van der Waals surface area contributed by atoms with Gasteiger partial charge < -0.3 is 9.88 Å². The van der Waals surface area contributed by atoms with Gasteiger partial charge in [-0.3, -0.25) is 10.1 Å². The maximum absolute atomic E-state index is 12.2. The number of hydrogen-bond donors (Lipinski definition) is 2. The Morgan fingerprint density at radius 1 is 1.10 bits per heavy atom. The molecule has 1 saturated carbocycles. The maximum Gasteiger partial charge on any atom is 0.321 e. The fourth-order valence-electron chi connectivity index (χ4n) is 2.99. The summed E-state index contributed by atoms with van der Waals surface area (Å²) in [5.41, 5.74) is 3.05. The molecule has 0 unspecified atom stereocenters. The molecule has 1 heterocycles. The second-order valence-corrected chi connectivity index (χ2v) is 8.47. The van der Waals surface area contributed by atoms with Gasteiger partial charge in [-0.2, -0.15) is 0 Å². The number of benzene rings is 2. The summed E-state index contributed by atoms with van der Waals surface area (Å²) < 4.78 is 2.07. The van der Waals surface area contributed by atoms with E-state index in [0.29, 0.717) is 16.7 Å². The van der Waals surface area contributed by atoms with Crippen LogP contribution in [0.3, 0.4) is 0 Å². The zero-order valence-corrected chi connectivity index (χ0v) is 17.7. The normalized spacial score (nSPS) is 13.1. The van der Waals surface area contributed by atoms with Crippen molar-refractivity contribution in [3.63, 3.8) is 0 Å². The van der Waals surface area contributed by atoms with Crippen LogP contribution in [0.1, 0.15) is 18.4 Å². The largest absolute Gasteiger partial charge is 0.335 e. The summed E-state index contributed by atoms with van der Waals surface area (Å²) >= 11 is 7.33. The third-order valence-electron chi connectivity index (χ3n) is 4.64. The fourth-order valence-corrected chi connectivity index (χ4v) is 3.89. The topological polar surface area (TPSA) is 76.0 Å². The molecule has 8 heteroatoms. The van der Waals surface area contributed by atoms with Crippen molar-refractivity contribution in [2.24, 2.45) is 0 Å². The van der Waals surface area contributed by atoms with Gasteiger partial charge in [-0.25, -0.2) is 9.78 Å². The molecule has 30 heavy (non-hydrogen) atoms. The molecule has 1 fully saturated rings. The molecule has 2 aromatic carbocycles. The second-order valence-electron chi connectivity index (χ2n) is 7.09. The first-order valence-corrected chi connectivity index (χ1v) is 11.0. The Balaban J connectivity index is 1.50. The third-order valence-corrected chi connectivity index (χ3v) is 5.88. The number of aromatic nitrogens is 2. The molecule has 0 bridgehead atoms. The molecule has 154 valence electrons. The number of carbonyl (C=O) groups excluding carboxylic acids is 2. The number of carbonyl (C=O) groups is 2. The van der Waals surface area contributed by atoms with Gasteiger partial charge in [-0.1, -0.05) is 65.8 Å². The van der Waals surface area contributed by atoms with Crippen LogP contribution in [0.5, 0.6) is 0 Å². The van der Waals surface area contributed by atoms with Crippen LogP contribution >= 0.6 is 23.4 Å². The van der Waals surface area contributed by atoms with E-state index in [1.165, 1.54) is 11.8 Å². The van der Waals surface area contributed by atoms with E-state index in [4.69, 9.17) is 11.6 Å². The number of nitrogens with one attached hydrogen (secondary N) is 2. The van der Waals surface area contributed by atoms with Crippen molar-refractivity contribution in [3.05, 3.63) is 71.4 Å². The number of hydrogen-bond acceptors (Lipinski definition) is 4.